The average Bonchev–Trinajstić information content (AvgIpc) is 2.69. The Morgan fingerprint density at radius 1 is 0.929 bits per heavy atom. The van der Waals surface area contributed by atoms with Crippen molar-refractivity contribution >= 4 is 33.2 Å². The smallest absolute Gasteiger partial charge is 0.261 e. The highest BCUT2D eigenvalue weighted by Crippen LogP contribution is 2.18. The summed E-state index contributed by atoms with van der Waals surface area (Å²) in [6.07, 6.45) is 0. The first-order chi connectivity index (χ1) is 13.3. The summed E-state index contributed by atoms with van der Waals surface area (Å²) in [5, 5.41) is 3.29. The van der Waals surface area contributed by atoms with E-state index in [0.717, 1.165) is 17.7 Å². The van der Waals surface area contributed by atoms with Gasteiger partial charge in [0.25, 0.3) is 15.9 Å². The number of sulfonamides is 1. The highest BCUT2D eigenvalue weighted by Gasteiger charge is 2.15. The summed E-state index contributed by atoms with van der Waals surface area (Å²) in [6.45, 7) is 0.255. The fourth-order valence-electron chi connectivity index (χ4n) is 2.44. The first-order valence-corrected chi connectivity index (χ1v) is 10.1. The molecule has 1 amide bonds. The molecule has 0 saturated carbocycles. The molecule has 0 saturated heterocycles. The van der Waals surface area contributed by atoms with Crippen LogP contribution in [-0.4, -0.2) is 14.3 Å². The standard InChI is InChI=1S/C20H16ClFN2O3S/c21-19-4-2-1-3-15(19)13-23-20(25)14-5-11-18(12-6-14)28(26,27)24-17-9-7-16(22)8-10-17/h1-12,24H,13H2,(H,23,25). The quantitative estimate of drug-likeness (QED) is 0.629. The van der Waals surface area contributed by atoms with E-state index in [0.29, 0.717) is 10.6 Å². The summed E-state index contributed by atoms with van der Waals surface area (Å²) in [6, 6.07) is 17.6. The number of rotatable bonds is 6. The van der Waals surface area contributed by atoms with Gasteiger partial charge in [-0.05, 0) is 60.2 Å². The monoisotopic (exact) mass is 418 g/mol. The van der Waals surface area contributed by atoms with Gasteiger partial charge in [0.2, 0.25) is 0 Å². The van der Waals surface area contributed by atoms with E-state index in [4.69, 9.17) is 11.6 Å². The van der Waals surface area contributed by atoms with Crippen LogP contribution in [0.2, 0.25) is 5.02 Å². The van der Waals surface area contributed by atoms with Crippen molar-refractivity contribution in [1.82, 2.24) is 5.32 Å². The summed E-state index contributed by atoms with van der Waals surface area (Å²) < 4.78 is 40.1. The molecule has 0 unspecified atom stereocenters. The van der Waals surface area contributed by atoms with Gasteiger partial charge < -0.3 is 5.32 Å². The van der Waals surface area contributed by atoms with Gasteiger partial charge in [0.1, 0.15) is 5.82 Å². The summed E-state index contributed by atoms with van der Waals surface area (Å²) in [7, 11) is -3.85. The lowest BCUT2D eigenvalue weighted by molar-refractivity contribution is 0.0951. The molecule has 2 N–H and O–H groups in total. The topological polar surface area (TPSA) is 75.3 Å². The Balaban J connectivity index is 1.67. The number of halogens is 2. The van der Waals surface area contributed by atoms with Crippen LogP contribution in [0.5, 0.6) is 0 Å². The van der Waals surface area contributed by atoms with Crippen LogP contribution in [0.3, 0.4) is 0 Å². The molecule has 5 nitrogen and oxygen atoms in total. The van der Waals surface area contributed by atoms with Crippen molar-refractivity contribution in [3.8, 4) is 0 Å². The number of nitrogens with one attached hydrogen (secondary N) is 2. The molecule has 0 heterocycles. The van der Waals surface area contributed by atoms with E-state index < -0.39 is 15.8 Å². The summed E-state index contributed by atoms with van der Waals surface area (Å²) in [4.78, 5) is 12.2. The zero-order chi connectivity index (χ0) is 20.1. The lowest BCUT2D eigenvalue weighted by Gasteiger charge is -2.10. The second-order valence-electron chi connectivity index (χ2n) is 5.91. The molecule has 0 spiro atoms. The molecular formula is C20H16ClFN2O3S. The molecule has 0 fully saturated rings. The SMILES string of the molecule is O=C(NCc1ccccc1Cl)c1ccc(S(=O)(=O)Nc2ccc(F)cc2)cc1. The van der Waals surface area contributed by atoms with E-state index in [9.17, 15) is 17.6 Å². The van der Waals surface area contributed by atoms with Crippen molar-refractivity contribution in [1.29, 1.82) is 0 Å². The molecule has 0 aromatic heterocycles. The van der Waals surface area contributed by atoms with Gasteiger partial charge in [-0.15, -0.1) is 0 Å². The Bertz CT molecular complexity index is 1090. The van der Waals surface area contributed by atoms with Crippen molar-refractivity contribution in [3.05, 3.63) is 94.8 Å². The van der Waals surface area contributed by atoms with E-state index in [-0.39, 0.29) is 23.0 Å². The predicted molar refractivity (Wildman–Crippen MR) is 106 cm³/mol. The molecule has 0 aliphatic carbocycles. The first kappa shape index (κ1) is 19.9. The number of anilines is 1. The first-order valence-electron chi connectivity index (χ1n) is 8.25. The van der Waals surface area contributed by atoms with Crippen LogP contribution in [0.4, 0.5) is 10.1 Å². The van der Waals surface area contributed by atoms with Crippen LogP contribution < -0.4 is 10.0 Å². The van der Waals surface area contributed by atoms with Gasteiger partial charge in [0.05, 0.1) is 4.90 Å². The second kappa shape index (κ2) is 8.41. The number of benzene rings is 3. The van der Waals surface area contributed by atoms with Gasteiger partial charge in [-0.25, -0.2) is 12.8 Å². The maximum atomic E-state index is 12.9. The van der Waals surface area contributed by atoms with E-state index in [1.807, 2.05) is 6.07 Å². The lowest BCUT2D eigenvalue weighted by atomic mass is 10.2. The minimum Gasteiger partial charge on any atom is -0.348 e. The molecular weight excluding hydrogens is 403 g/mol. The molecule has 0 aliphatic heterocycles. The number of amides is 1. The van der Waals surface area contributed by atoms with E-state index >= 15 is 0 Å². The zero-order valence-corrected chi connectivity index (χ0v) is 16.1. The van der Waals surface area contributed by atoms with Crippen molar-refractivity contribution in [2.24, 2.45) is 0 Å². The van der Waals surface area contributed by atoms with Crippen molar-refractivity contribution in [2.75, 3.05) is 4.72 Å². The maximum absolute atomic E-state index is 12.9. The van der Waals surface area contributed by atoms with Gasteiger partial charge in [-0.3, -0.25) is 9.52 Å². The van der Waals surface area contributed by atoms with Gasteiger partial charge in [-0.2, -0.15) is 0 Å². The fraction of sp³-hybridized carbons (Fsp3) is 0.0500. The summed E-state index contributed by atoms with van der Waals surface area (Å²) >= 11 is 6.05. The van der Waals surface area contributed by atoms with Gasteiger partial charge in [0.15, 0.2) is 0 Å². The van der Waals surface area contributed by atoms with Gasteiger partial charge in [0, 0.05) is 22.8 Å². The lowest BCUT2D eigenvalue weighted by Crippen LogP contribution is -2.23. The maximum Gasteiger partial charge on any atom is 0.261 e. The molecule has 3 aromatic rings. The minimum atomic E-state index is -3.85. The number of hydrogen-bond donors (Lipinski definition) is 2. The van der Waals surface area contributed by atoms with Crippen LogP contribution in [-0.2, 0) is 16.6 Å². The second-order valence-corrected chi connectivity index (χ2v) is 8.00. The third-order valence-electron chi connectivity index (χ3n) is 3.92. The molecule has 8 heteroatoms. The van der Waals surface area contributed by atoms with E-state index in [2.05, 4.69) is 10.0 Å². The fourth-order valence-corrected chi connectivity index (χ4v) is 3.70. The highest BCUT2D eigenvalue weighted by molar-refractivity contribution is 7.92. The van der Waals surface area contributed by atoms with Gasteiger partial charge >= 0.3 is 0 Å². The van der Waals surface area contributed by atoms with Crippen molar-refractivity contribution < 1.29 is 17.6 Å². The molecule has 0 atom stereocenters. The highest BCUT2D eigenvalue weighted by atomic mass is 35.5. The number of carbonyl (C=O) groups is 1. The molecule has 3 rings (SSSR count). The van der Waals surface area contributed by atoms with Gasteiger partial charge in [-0.1, -0.05) is 29.8 Å². The predicted octanol–water partition coefficient (Wildman–Crippen LogP) is 4.21. The number of carbonyl (C=O) groups excluding carboxylic acids is 1. The zero-order valence-electron chi connectivity index (χ0n) is 14.5. The summed E-state index contributed by atoms with van der Waals surface area (Å²) in [5.74, 6) is -0.814. The molecule has 0 bridgehead atoms. The third-order valence-corrected chi connectivity index (χ3v) is 5.69. The molecule has 3 aromatic carbocycles. The van der Waals surface area contributed by atoms with E-state index in [1.54, 1.807) is 18.2 Å². The Kier molecular flexibility index (Phi) is 5.96. The van der Waals surface area contributed by atoms with Crippen LogP contribution in [0.15, 0.2) is 77.7 Å². The van der Waals surface area contributed by atoms with Crippen LogP contribution in [0.25, 0.3) is 0 Å². The Morgan fingerprint density at radius 3 is 2.21 bits per heavy atom. The van der Waals surface area contributed by atoms with E-state index in [1.165, 1.54) is 36.4 Å². The van der Waals surface area contributed by atoms with Crippen LogP contribution in [0, 0.1) is 5.82 Å². The van der Waals surface area contributed by atoms with Crippen molar-refractivity contribution in [3.63, 3.8) is 0 Å². The van der Waals surface area contributed by atoms with Crippen molar-refractivity contribution in [2.45, 2.75) is 11.4 Å². The molecule has 28 heavy (non-hydrogen) atoms. The summed E-state index contributed by atoms with van der Waals surface area (Å²) in [5.41, 5.74) is 1.33. The number of hydrogen-bond acceptors (Lipinski definition) is 3. The largest absolute Gasteiger partial charge is 0.348 e. The third kappa shape index (κ3) is 4.88. The molecule has 144 valence electrons. The Morgan fingerprint density at radius 2 is 1.57 bits per heavy atom. The molecule has 0 radical (unpaired) electrons. The van der Waals surface area contributed by atoms with Crippen LogP contribution in [0.1, 0.15) is 15.9 Å². The molecule has 0 aliphatic rings. The minimum absolute atomic E-state index is 0.0144. The average molecular weight is 419 g/mol. The normalized spacial score (nSPS) is 11.1. The Labute approximate surface area is 167 Å². The Hall–Kier alpha value is -2.90. The van der Waals surface area contributed by atoms with Crippen LogP contribution >= 0.6 is 11.6 Å².